The number of pyridine rings is 1. The number of nitrogens with zero attached hydrogens (tertiary/aromatic N) is 2. The Balaban J connectivity index is 2.35. The average Bonchev–Trinajstić information content (AvgIpc) is 2.56. The number of carbonyl (C=O) groups is 2. The van der Waals surface area contributed by atoms with Crippen LogP contribution in [0.25, 0.3) is 0 Å². The van der Waals surface area contributed by atoms with Crippen LogP contribution in [-0.4, -0.2) is 34.9 Å². The van der Waals surface area contributed by atoms with Crippen molar-refractivity contribution >= 4 is 11.9 Å². The van der Waals surface area contributed by atoms with Gasteiger partial charge < -0.3 is 11.1 Å². The number of carbonyl (C=O) groups excluding carboxylic acids is 2. The second-order valence-corrected chi connectivity index (χ2v) is 4.04. The fraction of sp³-hybridized carbons (Fsp3) is 0.364. The number of aromatic nitrogens is 1. The lowest BCUT2D eigenvalue weighted by atomic mass is 9.94. The number of hydrogen-bond acceptors (Lipinski definition) is 4. The second kappa shape index (κ2) is 4.14. The monoisotopic (exact) mass is 234 g/mol. The molecule has 0 bridgehead atoms. The van der Waals surface area contributed by atoms with E-state index in [2.05, 4.69) is 10.3 Å². The smallest absolute Gasteiger partial charge is 0.325 e. The zero-order valence-corrected chi connectivity index (χ0v) is 9.51. The van der Waals surface area contributed by atoms with Crippen molar-refractivity contribution in [2.45, 2.75) is 12.5 Å². The molecule has 6 nitrogen and oxygen atoms in total. The SMILES string of the molecule is CC1(c2cccnc2)NC(=O)N(CCN)C1=O. The standard InChI is InChI=1S/C11H14N4O2/c1-11(8-3-2-5-13-7-8)9(16)15(6-4-12)10(17)14-11/h2-3,5,7H,4,6,12H2,1H3,(H,14,17). The first kappa shape index (κ1) is 11.5. The summed E-state index contributed by atoms with van der Waals surface area (Å²) < 4.78 is 0. The van der Waals surface area contributed by atoms with Gasteiger partial charge in [-0.15, -0.1) is 0 Å². The molecule has 1 aromatic heterocycles. The van der Waals surface area contributed by atoms with E-state index in [9.17, 15) is 9.59 Å². The quantitative estimate of drug-likeness (QED) is 0.709. The minimum absolute atomic E-state index is 0.223. The third-order valence-electron chi connectivity index (χ3n) is 2.87. The number of urea groups is 1. The highest BCUT2D eigenvalue weighted by atomic mass is 16.2. The molecule has 0 aliphatic carbocycles. The molecule has 6 heteroatoms. The zero-order chi connectivity index (χ0) is 12.5. The van der Waals surface area contributed by atoms with Crippen LogP contribution in [0.3, 0.4) is 0 Å². The molecule has 0 radical (unpaired) electrons. The summed E-state index contributed by atoms with van der Waals surface area (Å²) in [5, 5.41) is 2.67. The lowest BCUT2D eigenvalue weighted by Gasteiger charge is -2.21. The van der Waals surface area contributed by atoms with Crippen LogP contribution >= 0.6 is 0 Å². The van der Waals surface area contributed by atoms with Crippen LogP contribution < -0.4 is 11.1 Å². The normalized spacial score (nSPS) is 24.0. The van der Waals surface area contributed by atoms with Crippen molar-refractivity contribution in [1.82, 2.24) is 15.2 Å². The Morgan fingerprint density at radius 2 is 2.29 bits per heavy atom. The Kier molecular flexibility index (Phi) is 2.81. The van der Waals surface area contributed by atoms with Gasteiger partial charge in [-0.25, -0.2) is 4.79 Å². The first-order valence-electron chi connectivity index (χ1n) is 5.34. The predicted molar refractivity (Wildman–Crippen MR) is 60.9 cm³/mol. The Bertz CT molecular complexity index is 448. The van der Waals surface area contributed by atoms with Crippen molar-refractivity contribution in [3.63, 3.8) is 0 Å². The van der Waals surface area contributed by atoms with Gasteiger partial charge in [0.1, 0.15) is 5.54 Å². The Morgan fingerprint density at radius 3 is 2.88 bits per heavy atom. The van der Waals surface area contributed by atoms with Crippen molar-refractivity contribution in [3.05, 3.63) is 30.1 Å². The van der Waals surface area contributed by atoms with Gasteiger partial charge >= 0.3 is 6.03 Å². The van der Waals surface area contributed by atoms with Crippen LogP contribution in [0.15, 0.2) is 24.5 Å². The summed E-state index contributed by atoms with van der Waals surface area (Å²) in [7, 11) is 0. The van der Waals surface area contributed by atoms with Crippen molar-refractivity contribution in [2.24, 2.45) is 5.73 Å². The molecule has 1 aromatic rings. The van der Waals surface area contributed by atoms with Gasteiger partial charge in [0.25, 0.3) is 5.91 Å². The Morgan fingerprint density at radius 1 is 1.53 bits per heavy atom. The molecule has 2 heterocycles. The van der Waals surface area contributed by atoms with Crippen LogP contribution in [-0.2, 0) is 10.3 Å². The maximum atomic E-state index is 12.2. The van der Waals surface area contributed by atoms with Crippen LogP contribution in [0.1, 0.15) is 12.5 Å². The Labute approximate surface area is 98.8 Å². The van der Waals surface area contributed by atoms with Gasteiger partial charge in [0.2, 0.25) is 0 Å². The van der Waals surface area contributed by atoms with Gasteiger partial charge in [-0.3, -0.25) is 14.7 Å². The number of hydrogen-bond donors (Lipinski definition) is 2. The summed E-state index contributed by atoms with van der Waals surface area (Å²) in [6.07, 6.45) is 3.19. The molecule has 3 N–H and O–H groups in total. The number of nitrogens with one attached hydrogen (secondary N) is 1. The zero-order valence-electron chi connectivity index (χ0n) is 9.51. The van der Waals surface area contributed by atoms with E-state index in [4.69, 9.17) is 5.73 Å². The first-order valence-corrected chi connectivity index (χ1v) is 5.34. The molecule has 1 atom stereocenters. The van der Waals surface area contributed by atoms with E-state index in [1.165, 1.54) is 0 Å². The van der Waals surface area contributed by atoms with E-state index >= 15 is 0 Å². The summed E-state index contributed by atoms with van der Waals surface area (Å²) in [4.78, 5) is 29.0. The maximum Gasteiger partial charge on any atom is 0.325 e. The minimum atomic E-state index is -1.04. The van der Waals surface area contributed by atoms with Gasteiger partial charge in [0.15, 0.2) is 0 Å². The fourth-order valence-corrected chi connectivity index (χ4v) is 1.88. The van der Waals surface area contributed by atoms with E-state index in [0.717, 1.165) is 4.90 Å². The van der Waals surface area contributed by atoms with E-state index in [1.807, 2.05) is 0 Å². The topological polar surface area (TPSA) is 88.3 Å². The molecular formula is C11H14N4O2. The number of imide groups is 1. The minimum Gasteiger partial charge on any atom is -0.329 e. The summed E-state index contributed by atoms with van der Waals surface area (Å²) in [6, 6.07) is 3.08. The Hall–Kier alpha value is -1.95. The highest BCUT2D eigenvalue weighted by molar-refractivity contribution is 6.07. The van der Waals surface area contributed by atoms with E-state index in [1.54, 1.807) is 31.5 Å². The van der Waals surface area contributed by atoms with Crippen LogP contribution in [0.2, 0.25) is 0 Å². The molecule has 1 saturated heterocycles. The highest BCUT2D eigenvalue weighted by Gasteiger charge is 2.48. The molecule has 1 unspecified atom stereocenters. The first-order chi connectivity index (χ1) is 8.09. The molecular weight excluding hydrogens is 220 g/mol. The molecule has 90 valence electrons. The highest BCUT2D eigenvalue weighted by Crippen LogP contribution is 2.27. The third-order valence-corrected chi connectivity index (χ3v) is 2.87. The molecule has 17 heavy (non-hydrogen) atoms. The summed E-state index contributed by atoms with van der Waals surface area (Å²) >= 11 is 0. The molecule has 0 spiro atoms. The summed E-state index contributed by atoms with van der Waals surface area (Å²) in [5.74, 6) is -0.291. The average molecular weight is 234 g/mol. The maximum absolute atomic E-state index is 12.2. The van der Waals surface area contributed by atoms with Crippen molar-refractivity contribution < 1.29 is 9.59 Å². The molecule has 0 saturated carbocycles. The van der Waals surface area contributed by atoms with Crippen molar-refractivity contribution in [3.8, 4) is 0 Å². The summed E-state index contributed by atoms with van der Waals surface area (Å²) in [6.45, 7) is 2.14. The molecule has 3 amide bonds. The molecule has 1 fully saturated rings. The predicted octanol–water partition coefficient (Wildman–Crippen LogP) is -0.193. The largest absolute Gasteiger partial charge is 0.329 e. The van der Waals surface area contributed by atoms with E-state index < -0.39 is 11.6 Å². The lowest BCUT2D eigenvalue weighted by Crippen LogP contribution is -2.41. The molecule has 2 rings (SSSR count). The lowest BCUT2D eigenvalue weighted by molar-refractivity contribution is -0.131. The third kappa shape index (κ3) is 1.76. The van der Waals surface area contributed by atoms with Gasteiger partial charge in [0, 0.05) is 31.0 Å². The summed E-state index contributed by atoms with van der Waals surface area (Å²) in [5.41, 5.74) is 5.00. The van der Waals surface area contributed by atoms with E-state index in [0.29, 0.717) is 5.56 Å². The van der Waals surface area contributed by atoms with E-state index in [-0.39, 0.29) is 19.0 Å². The number of amides is 3. The molecule has 1 aliphatic heterocycles. The second-order valence-electron chi connectivity index (χ2n) is 4.04. The van der Waals surface area contributed by atoms with Crippen molar-refractivity contribution in [1.29, 1.82) is 0 Å². The molecule has 1 aliphatic rings. The molecule has 0 aromatic carbocycles. The van der Waals surface area contributed by atoms with Crippen LogP contribution in [0.5, 0.6) is 0 Å². The van der Waals surface area contributed by atoms with Gasteiger partial charge in [0.05, 0.1) is 0 Å². The van der Waals surface area contributed by atoms with Crippen LogP contribution in [0, 0.1) is 0 Å². The number of nitrogens with two attached hydrogens (primary N) is 1. The van der Waals surface area contributed by atoms with Crippen LogP contribution in [0.4, 0.5) is 4.79 Å². The van der Waals surface area contributed by atoms with Crippen molar-refractivity contribution in [2.75, 3.05) is 13.1 Å². The van der Waals surface area contributed by atoms with Gasteiger partial charge in [-0.2, -0.15) is 0 Å². The van der Waals surface area contributed by atoms with Gasteiger partial charge in [-0.1, -0.05) is 6.07 Å². The number of rotatable bonds is 3. The van der Waals surface area contributed by atoms with Gasteiger partial charge in [-0.05, 0) is 13.0 Å². The fourth-order valence-electron chi connectivity index (χ4n) is 1.88.